The molecule has 5 heteroatoms. The number of carbonyl (C=O) groups is 2. The molecular formula is C20H17NO4. The number of carbonyl (C=O) groups excluding carboxylic acids is 1. The highest BCUT2D eigenvalue weighted by Gasteiger charge is 2.16. The van der Waals surface area contributed by atoms with Crippen molar-refractivity contribution in [3.8, 4) is 11.3 Å². The molecule has 1 aromatic heterocycles. The topological polar surface area (TPSA) is 79.5 Å². The van der Waals surface area contributed by atoms with Crippen molar-refractivity contribution in [2.24, 2.45) is 0 Å². The Kier molecular flexibility index (Phi) is 4.39. The van der Waals surface area contributed by atoms with Gasteiger partial charge in [0.15, 0.2) is 0 Å². The predicted octanol–water partition coefficient (Wildman–Crippen LogP) is 4.51. The summed E-state index contributed by atoms with van der Waals surface area (Å²) in [4.78, 5) is 23.3. The number of amides is 1. The molecule has 0 saturated carbocycles. The smallest absolute Gasteiger partial charge is 0.335 e. The molecule has 25 heavy (non-hydrogen) atoms. The molecule has 5 nitrogen and oxygen atoms in total. The van der Waals surface area contributed by atoms with Gasteiger partial charge in [-0.25, -0.2) is 4.79 Å². The van der Waals surface area contributed by atoms with E-state index in [4.69, 9.17) is 9.52 Å². The molecule has 3 rings (SSSR count). The van der Waals surface area contributed by atoms with Crippen LogP contribution in [0.4, 0.5) is 5.69 Å². The summed E-state index contributed by atoms with van der Waals surface area (Å²) in [5, 5.41) is 11.6. The Morgan fingerprint density at radius 2 is 1.60 bits per heavy atom. The first-order chi connectivity index (χ1) is 11.9. The van der Waals surface area contributed by atoms with E-state index in [1.165, 1.54) is 12.1 Å². The average Bonchev–Trinajstić information content (AvgIpc) is 2.98. The highest BCUT2D eigenvalue weighted by Crippen LogP contribution is 2.26. The number of hydrogen-bond acceptors (Lipinski definition) is 3. The van der Waals surface area contributed by atoms with E-state index in [1.807, 2.05) is 31.2 Å². The number of hydrogen-bond donors (Lipinski definition) is 2. The zero-order valence-corrected chi connectivity index (χ0v) is 13.9. The van der Waals surface area contributed by atoms with Crippen molar-refractivity contribution in [2.75, 3.05) is 5.32 Å². The molecule has 0 saturated heterocycles. The molecule has 126 valence electrons. The second-order valence-corrected chi connectivity index (χ2v) is 5.78. The van der Waals surface area contributed by atoms with E-state index in [0.717, 1.165) is 11.1 Å². The lowest BCUT2D eigenvalue weighted by Gasteiger charge is -2.04. The standard InChI is InChI=1S/C20H17NO4/c1-12-3-5-14(6-4-12)18-11-17(13(2)25-18)19(22)21-16-9-7-15(8-10-16)20(23)24/h3-11H,1-2H3,(H,21,22)(H,23,24). The third kappa shape index (κ3) is 3.61. The van der Waals surface area contributed by atoms with Crippen molar-refractivity contribution in [3.05, 3.63) is 77.0 Å². The molecule has 0 aliphatic rings. The molecule has 1 amide bonds. The second-order valence-electron chi connectivity index (χ2n) is 5.78. The molecule has 0 unspecified atom stereocenters. The van der Waals surface area contributed by atoms with Crippen molar-refractivity contribution in [2.45, 2.75) is 13.8 Å². The zero-order valence-electron chi connectivity index (χ0n) is 13.9. The lowest BCUT2D eigenvalue weighted by molar-refractivity contribution is 0.0696. The molecule has 2 aromatic carbocycles. The highest BCUT2D eigenvalue weighted by molar-refractivity contribution is 6.05. The maximum Gasteiger partial charge on any atom is 0.335 e. The van der Waals surface area contributed by atoms with E-state index in [2.05, 4.69) is 5.32 Å². The van der Waals surface area contributed by atoms with Gasteiger partial charge in [-0.3, -0.25) is 4.79 Å². The summed E-state index contributed by atoms with van der Waals surface area (Å²) in [5.41, 5.74) is 3.18. The predicted molar refractivity (Wildman–Crippen MR) is 95.0 cm³/mol. The third-order valence-corrected chi connectivity index (χ3v) is 3.89. The summed E-state index contributed by atoms with van der Waals surface area (Å²) in [6, 6.07) is 15.6. The largest absolute Gasteiger partial charge is 0.478 e. The minimum Gasteiger partial charge on any atom is -0.478 e. The molecule has 0 bridgehead atoms. The van der Waals surface area contributed by atoms with E-state index in [1.54, 1.807) is 25.1 Å². The number of aromatic carboxylic acids is 1. The first-order valence-electron chi connectivity index (χ1n) is 7.76. The van der Waals surface area contributed by atoms with Crippen LogP contribution in [0.5, 0.6) is 0 Å². The lowest BCUT2D eigenvalue weighted by atomic mass is 10.1. The zero-order chi connectivity index (χ0) is 18.0. The number of aryl methyl sites for hydroxylation is 2. The van der Waals surface area contributed by atoms with Crippen LogP contribution < -0.4 is 5.32 Å². The molecule has 0 spiro atoms. The first-order valence-corrected chi connectivity index (χ1v) is 7.76. The Hall–Kier alpha value is -3.34. The fraction of sp³-hybridized carbons (Fsp3) is 0.100. The first kappa shape index (κ1) is 16.5. The Labute approximate surface area is 144 Å². The normalized spacial score (nSPS) is 10.5. The van der Waals surface area contributed by atoms with Crippen molar-refractivity contribution in [3.63, 3.8) is 0 Å². The van der Waals surface area contributed by atoms with Crippen molar-refractivity contribution in [1.82, 2.24) is 0 Å². The molecule has 0 aliphatic carbocycles. The SMILES string of the molecule is Cc1ccc(-c2cc(C(=O)Nc3ccc(C(=O)O)cc3)c(C)o2)cc1. The summed E-state index contributed by atoms with van der Waals surface area (Å²) >= 11 is 0. The summed E-state index contributed by atoms with van der Waals surface area (Å²) < 4.78 is 5.71. The number of anilines is 1. The van der Waals surface area contributed by atoms with Crippen LogP contribution in [0.2, 0.25) is 0 Å². The monoisotopic (exact) mass is 335 g/mol. The average molecular weight is 335 g/mol. The van der Waals surface area contributed by atoms with Crippen LogP contribution in [0, 0.1) is 13.8 Å². The van der Waals surface area contributed by atoms with Gasteiger partial charge < -0.3 is 14.8 Å². The van der Waals surface area contributed by atoms with Gasteiger partial charge in [0.2, 0.25) is 0 Å². The summed E-state index contributed by atoms with van der Waals surface area (Å²) in [6.45, 7) is 3.74. The van der Waals surface area contributed by atoms with Crippen LogP contribution in [0.3, 0.4) is 0 Å². The minimum atomic E-state index is -1.01. The molecule has 0 radical (unpaired) electrons. The minimum absolute atomic E-state index is 0.166. The van der Waals surface area contributed by atoms with Gasteiger partial charge in [-0.05, 0) is 44.2 Å². The second kappa shape index (κ2) is 6.65. The molecule has 0 aliphatic heterocycles. The van der Waals surface area contributed by atoms with Gasteiger partial charge in [-0.2, -0.15) is 0 Å². The molecule has 3 aromatic rings. The highest BCUT2D eigenvalue weighted by atomic mass is 16.4. The third-order valence-electron chi connectivity index (χ3n) is 3.89. The fourth-order valence-corrected chi connectivity index (χ4v) is 2.46. The van der Waals surface area contributed by atoms with Gasteiger partial charge in [0.25, 0.3) is 5.91 Å². The molecular weight excluding hydrogens is 318 g/mol. The Bertz CT molecular complexity index is 921. The van der Waals surface area contributed by atoms with E-state index < -0.39 is 5.97 Å². The van der Waals surface area contributed by atoms with Gasteiger partial charge in [0, 0.05) is 11.3 Å². The fourth-order valence-electron chi connectivity index (χ4n) is 2.46. The van der Waals surface area contributed by atoms with Crippen molar-refractivity contribution < 1.29 is 19.1 Å². The quantitative estimate of drug-likeness (QED) is 0.735. The maximum atomic E-state index is 12.5. The van der Waals surface area contributed by atoms with E-state index >= 15 is 0 Å². The Morgan fingerprint density at radius 3 is 2.20 bits per heavy atom. The van der Waals surface area contributed by atoms with Gasteiger partial charge in [-0.1, -0.05) is 29.8 Å². The van der Waals surface area contributed by atoms with E-state index in [9.17, 15) is 9.59 Å². The van der Waals surface area contributed by atoms with Crippen molar-refractivity contribution in [1.29, 1.82) is 0 Å². The van der Waals surface area contributed by atoms with Gasteiger partial charge in [0.1, 0.15) is 11.5 Å². The molecule has 0 fully saturated rings. The summed E-state index contributed by atoms with van der Waals surface area (Å²) in [5.74, 6) is -0.159. The van der Waals surface area contributed by atoms with Gasteiger partial charge in [0.05, 0.1) is 11.1 Å². The Balaban J connectivity index is 1.80. The van der Waals surface area contributed by atoms with Crippen LogP contribution in [0.25, 0.3) is 11.3 Å². The maximum absolute atomic E-state index is 12.5. The number of nitrogens with one attached hydrogen (secondary N) is 1. The lowest BCUT2D eigenvalue weighted by Crippen LogP contribution is -2.12. The van der Waals surface area contributed by atoms with E-state index in [0.29, 0.717) is 22.8 Å². The van der Waals surface area contributed by atoms with Crippen LogP contribution in [-0.4, -0.2) is 17.0 Å². The summed E-state index contributed by atoms with van der Waals surface area (Å²) in [6.07, 6.45) is 0. The van der Waals surface area contributed by atoms with Crippen LogP contribution in [0.15, 0.2) is 59.0 Å². The van der Waals surface area contributed by atoms with E-state index in [-0.39, 0.29) is 11.5 Å². The number of furan rings is 1. The van der Waals surface area contributed by atoms with Crippen LogP contribution >= 0.6 is 0 Å². The number of benzene rings is 2. The summed E-state index contributed by atoms with van der Waals surface area (Å²) in [7, 11) is 0. The molecule has 1 heterocycles. The number of rotatable bonds is 4. The van der Waals surface area contributed by atoms with Crippen LogP contribution in [0.1, 0.15) is 32.0 Å². The molecule has 0 atom stereocenters. The van der Waals surface area contributed by atoms with Crippen LogP contribution in [-0.2, 0) is 0 Å². The van der Waals surface area contributed by atoms with Gasteiger partial charge in [-0.15, -0.1) is 0 Å². The molecule has 2 N–H and O–H groups in total. The van der Waals surface area contributed by atoms with Gasteiger partial charge >= 0.3 is 5.97 Å². The number of carboxylic acids is 1. The van der Waals surface area contributed by atoms with Crippen molar-refractivity contribution >= 4 is 17.6 Å². The Morgan fingerprint density at radius 1 is 0.960 bits per heavy atom. The number of carboxylic acid groups (broad SMARTS) is 1.